The lowest BCUT2D eigenvalue weighted by Crippen LogP contribution is -2.24. The standard InChI is InChI=1S/C18H20ClNO/c1-2-16(12-5-3-6-13(19)11-12)20-17-10-9-15-14(17)7-4-8-18(15)21/h3-8,11,16-17,20-21H,2,9-10H2,1H3. The first-order valence-corrected chi connectivity index (χ1v) is 7.89. The highest BCUT2D eigenvalue weighted by Gasteiger charge is 2.26. The molecule has 2 aromatic rings. The van der Waals surface area contributed by atoms with Gasteiger partial charge in [-0.1, -0.05) is 42.8 Å². The van der Waals surface area contributed by atoms with Crippen LogP contribution in [0, 0.1) is 0 Å². The Kier molecular flexibility index (Phi) is 4.18. The van der Waals surface area contributed by atoms with E-state index in [2.05, 4.69) is 24.4 Å². The molecule has 2 unspecified atom stereocenters. The zero-order valence-electron chi connectivity index (χ0n) is 12.1. The van der Waals surface area contributed by atoms with Crippen molar-refractivity contribution in [1.82, 2.24) is 5.32 Å². The van der Waals surface area contributed by atoms with E-state index in [1.165, 1.54) is 11.1 Å². The Labute approximate surface area is 130 Å². The van der Waals surface area contributed by atoms with Crippen molar-refractivity contribution in [3.05, 3.63) is 64.2 Å². The molecule has 2 aromatic carbocycles. The van der Waals surface area contributed by atoms with Crippen LogP contribution < -0.4 is 5.32 Å². The van der Waals surface area contributed by atoms with Crippen LogP contribution in [0.4, 0.5) is 0 Å². The lowest BCUT2D eigenvalue weighted by molar-refractivity contribution is 0.433. The van der Waals surface area contributed by atoms with Gasteiger partial charge in [0.25, 0.3) is 0 Å². The minimum absolute atomic E-state index is 0.280. The van der Waals surface area contributed by atoms with Crippen molar-refractivity contribution in [3.8, 4) is 5.75 Å². The molecule has 0 spiro atoms. The van der Waals surface area contributed by atoms with E-state index in [-0.39, 0.29) is 6.04 Å². The number of hydrogen-bond donors (Lipinski definition) is 2. The van der Waals surface area contributed by atoms with Crippen molar-refractivity contribution >= 4 is 11.6 Å². The highest BCUT2D eigenvalue weighted by Crippen LogP contribution is 2.38. The Hall–Kier alpha value is -1.51. The molecular weight excluding hydrogens is 282 g/mol. The van der Waals surface area contributed by atoms with Gasteiger partial charge in [0.2, 0.25) is 0 Å². The molecule has 0 saturated heterocycles. The molecule has 0 saturated carbocycles. The summed E-state index contributed by atoms with van der Waals surface area (Å²) in [5, 5.41) is 14.4. The van der Waals surface area contributed by atoms with E-state index in [9.17, 15) is 5.11 Å². The molecule has 0 radical (unpaired) electrons. The molecule has 3 heteroatoms. The van der Waals surface area contributed by atoms with Crippen molar-refractivity contribution in [2.75, 3.05) is 0 Å². The smallest absolute Gasteiger partial charge is 0.119 e. The van der Waals surface area contributed by atoms with Gasteiger partial charge in [-0.05, 0) is 54.2 Å². The topological polar surface area (TPSA) is 32.3 Å². The Morgan fingerprint density at radius 2 is 2.10 bits per heavy atom. The molecule has 110 valence electrons. The number of fused-ring (bicyclic) bond motifs is 1. The maximum Gasteiger partial charge on any atom is 0.119 e. The number of phenolic OH excluding ortho intramolecular Hbond substituents is 1. The van der Waals surface area contributed by atoms with E-state index in [1.54, 1.807) is 6.07 Å². The van der Waals surface area contributed by atoms with E-state index >= 15 is 0 Å². The van der Waals surface area contributed by atoms with E-state index in [1.807, 2.05) is 24.3 Å². The number of rotatable bonds is 4. The van der Waals surface area contributed by atoms with Crippen LogP contribution in [0.5, 0.6) is 5.75 Å². The largest absolute Gasteiger partial charge is 0.508 e. The fourth-order valence-corrected chi connectivity index (χ4v) is 3.42. The lowest BCUT2D eigenvalue weighted by atomic mass is 10.0. The first kappa shape index (κ1) is 14.4. The molecule has 0 bridgehead atoms. The van der Waals surface area contributed by atoms with Crippen molar-refractivity contribution in [2.45, 2.75) is 38.3 Å². The summed E-state index contributed by atoms with van der Waals surface area (Å²) in [6, 6.07) is 14.4. The normalized spacial score (nSPS) is 18.5. The third-order valence-electron chi connectivity index (χ3n) is 4.31. The molecular formula is C18H20ClNO. The second-order valence-corrected chi connectivity index (χ2v) is 6.06. The Morgan fingerprint density at radius 1 is 1.29 bits per heavy atom. The summed E-state index contributed by atoms with van der Waals surface area (Å²) in [5.74, 6) is 0.424. The van der Waals surface area contributed by atoms with Crippen LogP contribution in [0.3, 0.4) is 0 Å². The molecule has 2 N–H and O–H groups in total. The summed E-state index contributed by atoms with van der Waals surface area (Å²) < 4.78 is 0. The predicted molar refractivity (Wildman–Crippen MR) is 86.8 cm³/mol. The third kappa shape index (κ3) is 2.92. The molecule has 2 nitrogen and oxygen atoms in total. The molecule has 1 aliphatic carbocycles. The molecule has 0 aromatic heterocycles. The summed E-state index contributed by atoms with van der Waals surface area (Å²) in [6.45, 7) is 2.18. The average Bonchev–Trinajstić information content (AvgIpc) is 2.89. The first-order valence-electron chi connectivity index (χ1n) is 7.51. The maximum absolute atomic E-state index is 9.95. The lowest BCUT2D eigenvalue weighted by Gasteiger charge is -2.23. The summed E-state index contributed by atoms with van der Waals surface area (Å²) in [7, 11) is 0. The molecule has 0 amide bonds. The number of nitrogens with one attached hydrogen (secondary N) is 1. The van der Waals surface area contributed by atoms with Gasteiger partial charge in [0, 0.05) is 17.1 Å². The summed E-state index contributed by atoms with van der Waals surface area (Å²) in [6.07, 6.45) is 2.97. The fourth-order valence-electron chi connectivity index (χ4n) is 3.22. The zero-order chi connectivity index (χ0) is 14.8. The minimum Gasteiger partial charge on any atom is -0.508 e. The summed E-state index contributed by atoms with van der Waals surface area (Å²) in [5.41, 5.74) is 3.55. The third-order valence-corrected chi connectivity index (χ3v) is 4.54. The van der Waals surface area contributed by atoms with Gasteiger partial charge in [0.15, 0.2) is 0 Å². The van der Waals surface area contributed by atoms with Crippen LogP contribution >= 0.6 is 11.6 Å². The molecule has 0 aliphatic heterocycles. The van der Waals surface area contributed by atoms with E-state index in [0.717, 1.165) is 29.8 Å². The van der Waals surface area contributed by atoms with Gasteiger partial charge in [-0.15, -0.1) is 0 Å². The number of phenols is 1. The SMILES string of the molecule is CCC(NC1CCc2c(O)cccc21)c1cccc(Cl)c1. The molecule has 1 aliphatic rings. The first-order chi connectivity index (χ1) is 10.2. The second kappa shape index (κ2) is 6.08. The van der Waals surface area contributed by atoms with Gasteiger partial charge in [0.1, 0.15) is 5.75 Å². The Morgan fingerprint density at radius 3 is 2.86 bits per heavy atom. The van der Waals surface area contributed by atoms with Crippen LogP contribution in [0.25, 0.3) is 0 Å². The fraction of sp³-hybridized carbons (Fsp3) is 0.333. The highest BCUT2D eigenvalue weighted by atomic mass is 35.5. The predicted octanol–water partition coefficient (Wildman–Crippen LogP) is 4.77. The van der Waals surface area contributed by atoms with E-state index in [0.29, 0.717) is 11.8 Å². The quantitative estimate of drug-likeness (QED) is 0.852. The Bertz CT molecular complexity index is 641. The van der Waals surface area contributed by atoms with Gasteiger partial charge < -0.3 is 10.4 Å². The van der Waals surface area contributed by atoms with Gasteiger partial charge in [-0.3, -0.25) is 0 Å². The second-order valence-electron chi connectivity index (χ2n) is 5.62. The molecule has 3 rings (SSSR count). The molecule has 0 fully saturated rings. The number of halogens is 1. The van der Waals surface area contributed by atoms with Gasteiger partial charge >= 0.3 is 0 Å². The monoisotopic (exact) mass is 301 g/mol. The highest BCUT2D eigenvalue weighted by molar-refractivity contribution is 6.30. The minimum atomic E-state index is 0.280. The Balaban J connectivity index is 1.82. The number of aromatic hydroxyl groups is 1. The van der Waals surface area contributed by atoms with E-state index in [4.69, 9.17) is 11.6 Å². The van der Waals surface area contributed by atoms with Crippen molar-refractivity contribution in [2.24, 2.45) is 0 Å². The number of benzene rings is 2. The van der Waals surface area contributed by atoms with Crippen molar-refractivity contribution in [3.63, 3.8) is 0 Å². The maximum atomic E-state index is 9.95. The molecule has 0 heterocycles. The van der Waals surface area contributed by atoms with E-state index < -0.39 is 0 Å². The van der Waals surface area contributed by atoms with Crippen LogP contribution in [0.1, 0.15) is 48.5 Å². The van der Waals surface area contributed by atoms with Crippen LogP contribution in [-0.2, 0) is 6.42 Å². The van der Waals surface area contributed by atoms with Crippen LogP contribution in [-0.4, -0.2) is 5.11 Å². The summed E-state index contributed by atoms with van der Waals surface area (Å²) in [4.78, 5) is 0. The number of hydrogen-bond acceptors (Lipinski definition) is 2. The van der Waals surface area contributed by atoms with Crippen LogP contribution in [0.2, 0.25) is 5.02 Å². The molecule has 2 atom stereocenters. The summed E-state index contributed by atoms with van der Waals surface area (Å²) >= 11 is 6.10. The van der Waals surface area contributed by atoms with Crippen molar-refractivity contribution in [1.29, 1.82) is 0 Å². The van der Waals surface area contributed by atoms with Gasteiger partial charge in [0.05, 0.1) is 0 Å². The zero-order valence-corrected chi connectivity index (χ0v) is 12.9. The van der Waals surface area contributed by atoms with Gasteiger partial charge in [-0.25, -0.2) is 0 Å². The van der Waals surface area contributed by atoms with Crippen LogP contribution in [0.15, 0.2) is 42.5 Å². The van der Waals surface area contributed by atoms with Gasteiger partial charge in [-0.2, -0.15) is 0 Å². The molecule has 21 heavy (non-hydrogen) atoms. The average molecular weight is 302 g/mol. The van der Waals surface area contributed by atoms with Crippen molar-refractivity contribution < 1.29 is 5.11 Å².